The van der Waals surface area contributed by atoms with Gasteiger partial charge in [-0.25, -0.2) is 0 Å². The van der Waals surface area contributed by atoms with E-state index in [0.717, 1.165) is 30.5 Å². The van der Waals surface area contributed by atoms with Crippen molar-refractivity contribution in [3.63, 3.8) is 0 Å². The third kappa shape index (κ3) is 3.89. The summed E-state index contributed by atoms with van der Waals surface area (Å²) in [6.45, 7) is 1.20. The number of carbonyl (C=O) groups excluding carboxylic acids is 1. The Labute approximate surface area is 141 Å². The van der Waals surface area contributed by atoms with Crippen LogP contribution < -0.4 is 0 Å². The van der Waals surface area contributed by atoms with Crippen LogP contribution in [0.4, 0.5) is 0 Å². The van der Waals surface area contributed by atoms with E-state index in [0.29, 0.717) is 11.6 Å². The first-order valence-corrected chi connectivity index (χ1v) is 8.14. The van der Waals surface area contributed by atoms with Gasteiger partial charge in [-0.2, -0.15) is 0 Å². The van der Waals surface area contributed by atoms with Gasteiger partial charge >= 0.3 is 0 Å². The highest BCUT2D eigenvalue weighted by molar-refractivity contribution is 6.31. The molecule has 2 aromatic rings. The van der Waals surface area contributed by atoms with E-state index in [1.165, 1.54) is 0 Å². The topological polar surface area (TPSA) is 42.4 Å². The predicted octanol–water partition coefficient (Wildman–Crippen LogP) is 3.62. The second kappa shape index (κ2) is 7.57. The Bertz CT molecular complexity index is 663. The second-order valence-corrected chi connectivity index (χ2v) is 6.02. The summed E-state index contributed by atoms with van der Waals surface area (Å²) in [4.78, 5) is 18.4. The van der Waals surface area contributed by atoms with Crippen LogP contribution in [0.2, 0.25) is 5.02 Å². The standard InChI is InChI=1S/C18H19ClN2O2/c19-16-5-2-1-4-15(16)12-23-13-18(22)21-11-3-6-17(21)14-7-9-20-10-8-14/h1-2,4-5,7-10,17H,3,6,11-13H2/t17-/m0/s1. The minimum absolute atomic E-state index is 0.0244. The lowest BCUT2D eigenvalue weighted by atomic mass is 10.1. The van der Waals surface area contributed by atoms with Crippen LogP contribution >= 0.6 is 11.6 Å². The molecule has 1 fully saturated rings. The molecular weight excluding hydrogens is 312 g/mol. The Kier molecular flexibility index (Phi) is 5.26. The summed E-state index contributed by atoms with van der Waals surface area (Å²) in [5.74, 6) is 0.0244. The highest BCUT2D eigenvalue weighted by Gasteiger charge is 2.29. The Morgan fingerprint density at radius 1 is 1.26 bits per heavy atom. The number of hydrogen-bond acceptors (Lipinski definition) is 3. The largest absolute Gasteiger partial charge is 0.367 e. The highest BCUT2D eigenvalue weighted by atomic mass is 35.5. The van der Waals surface area contributed by atoms with Crippen LogP contribution in [0.25, 0.3) is 0 Å². The summed E-state index contributed by atoms with van der Waals surface area (Å²) in [5, 5.41) is 0.663. The molecule has 1 amide bonds. The first-order valence-electron chi connectivity index (χ1n) is 7.76. The highest BCUT2D eigenvalue weighted by Crippen LogP contribution is 2.31. The quantitative estimate of drug-likeness (QED) is 0.841. The van der Waals surface area contributed by atoms with E-state index in [1.807, 2.05) is 41.3 Å². The molecular formula is C18H19ClN2O2. The summed E-state index contributed by atoms with van der Waals surface area (Å²) >= 11 is 6.09. The Balaban J connectivity index is 1.56. The van der Waals surface area contributed by atoms with Gasteiger partial charge in [0.25, 0.3) is 0 Å². The molecule has 23 heavy (non-hydrogen) atoms. The van der Waals surface area contributed by atoms with Gasteiger partial charge in [0.05, 0.1) is 12.6 Å². The monoisotopic (exact) mass is 330 g/mol. The minimum atomic E-state index is 0.0244. The van der Waals surface area contributed by atoms with Gasteiger partial charge in [0.1, 0.15) is 6.61 Å². The van der Waals surface area contributed by atoms with Gasteiger partial charge in [0, 0.05) is 24.0 Å². The Morgan fingerprint density at radius 2 is 2.04 bits per heavy atom. The lowest BCUT2D eigenvalue weighted by Crippen LogP contribution is -2.33. The maximum Gasteiger partial charge on any atom is 0.249 e. The number of nitrogens with zero attached hydrogens (tertiary/aromatic N) is 2. The average molecular weight is 331 g/mol. The lowest BCUT2D eigenvalue weighted by Gasteiger charge is -2.25. The van der Waals surface area contributed by atoms with Crippen LogP contribution in [0.5, 0.6) is 0 Å². The summed E-state index contributed by atoms with van der Waals surface area (Å²) in [6, 6.07) is 11.6. The first-order chi connectivity index (χ1) is 11.3. The lowest BCUT2D eigenvalue weighted by molar-refractivity contribution is -0.137. The third-order valence-electron chi connectivity index (χ3n) is 4.10. The summed E-state index contributed by atoms with van der Waals surface area (Å²) in [5.41, 5.74) is 2.03. The van der Waals surface area contributed by atoms with Crippen molar-refractivity contribution in [2.75, 3.05) is 13.2 Å². The molecule has 4 nitrogen and oxygen atoms in total. The molecule has 1 aromatic heterocycles. The predicted molar refractivity (Wildman–Crippen MR) is 89.0 cm³/mol. The smallest absolute Gasteiger partial charge is 0.249 e. The number of halogens is 1. The zero-order valence-electron chi connectivity index (χ0n) is 12.8. The second-order valence-electron chi connectivity index (χ2n) is 5.61. The normalized spacial score (nSPS) is 17.4. The van der Waals surface area contributed by atoms with Crippen molar-refractivity contribution in [3.8, 4) is 0 Å². The molecule has 120 valence electrons. The molecule has 0 bridgehead atoms. The van der Waals surface area contributed by atoms with E-state index < -0.39 is 0 Å². The van der Waals surface area contributed by atoms with Crippen LogP contribution in [0.3, 0.4) is 0 Å². The summed E-state index contributed by atoms with van der Waals surface area (Å²) in [7, 11) is 0. The Hall–Kier alpha value is -1.91. The van der Waals surface area contributed by atoms with E-state index in [9.17, 15) is 4.79 Å². The maximum atomic E-state index is 12.5. The van der Waals surface area contributed by atoms with Crippen LogP contribution in [-0.2, 0) is 16.1 Å². The van der Waals surface area contributed by atoms with Gasteiger partial charge in [-0.05, 0) is 42.2 Å². The molecule has 0 aliphatic carbocycles. The van der Waals surface area contributed by atoms with E-state index in [1.54, 1.807) is 12.4 Å². The van der Waals surface area contributed by atoms with E-state index >= 15 is 0 Å². The van der Waals surface area contributed by atoms with Crippen molar-refractivity contribution in [3.05, 3.63) is 64.9 Å². The van der Waals surface area contributed by atoms with E-state index in [2.05, 4.69) is 4.98 Å². The first kappa shape index (κ1) is 16.0. The van der Waals surface area contributed by atoms with E-state index in [4.69, 9.17) is 16.3 Å². The molecule has 0 saturated carbocycles. The molecule has 2 heterocycles. The fourth-order valence-electron chi connectivity index (χ4n) is 2.94. The number of carbonyl (C=O) groups is 1. The Morgan fingerprint density at radius 3 is 2.83 bits per heavy atom. The fourth-order valence-corrected chi connectivity index (χ4v) is 3.13. The van der Waals surface area contributed by atoms with Crippen LogP contribution in [0.15, 0.2) is 48.8 Å². The molecule has 0 spiro atoms. The SMILES string of the molecule is O=C(COCc1ccccc1Cl)N1CCC[C@H]1c1ccncc1. The summed E-state index contributed by atoms with van der Waals surface area (Å²) < 4.78 is 5.57. The van der Waals surface area contributed by atoms with Crippen molar-refractivity contribution in [2.24, 2.45) is 0 Å². The minimum Gasteiger partial charge on any atom is -0.367 e. The zero-order chi connectivity index (χ0) is 16.1. The van der Waals surface area contributed by atoms with E-state index in [-0.39, 0.29) is 18.6 Å². The maximum absolute atomic E-state index is 12.5. The molecule has 1 atom stereocenters. The van der Waals surface area contributed by atoms with Gasteiger partial charge in [0.15, 0.2) is 0 Å². The molecule has 0 unspecified atom stereocenters. The van der Waals surface area contributed by atoms with Gasteiger partial charge in [-0.15, -0.1) is 0 Å². The molecule has 5 heteroatoms. The number of ether oxygens (including phenoxy) is 1. The molecule has 1 aromatic carbocycles. The number of benzene rings is 1. The van der Waals surface area contributed by atoms with Crippen molar-refractivity contribution in [1.82, 2.24) is 9.88 Å². The van der Waals surface area contributed by atoms with Crippen molar-refractivity contribution < 1.29 is 9.53 Å². The molecule has 0 radical (unpaired) electrons. The van der Waals surface area contributed by atoms with Gasteiger partial charge in [-0.1, -0.05) is 29.8 Å². The van der Waals surface area contributed by atoms with Crippen molar-refractivity contribution in [1.29, 1.82) is 0 Å². The number of aromatic nitrogens is 1. The third-order valence-corrected chi connectivity index (χ3v) is 4.47. The fraction of sp³-hybridized carbons (Fsp3) is 0.333. The summed E-state index contributed by atoms with van der Waals surface area (Å²) in [6.07, 6.45) is 5.54. The number of hydrogen-bond donors (Lipinski definition) is 0. The number of likely N-dealkylation sites (tertiary alicyclic amines) is 1. The number of rotatable bonds is 5. The number of pyridine rings is 1. The zero-order valence-corrected chi connectivity index (χ0v) is 13.6. The number of amides is 1. The van der Waals surface area contributed by atoms with Crippen molar-refractivity contribution >= 4 is 17.5 Å². The van der Waals surface area contributed by atoms with Gasteiger partial charge in [0.2, 0.25) is 5.91 Å². The van der Waals surface area contributed by atoms with Gasteiger partial charge in [-0.3, -0.25) is 9.78 Å². The van der Waals surface area contributed by atoms with Crippen LogP contribution in [-0.4, -0.2) is 28.9 Å². The molecule has 1 aliphatic rings. The molecule has 0 N–H and O–H groups in total. The average Bonchev–Trinajstić information content (AvgIpc) is 3.07. The molecule has 1 aliphatic heterocycles. The van der Waals surface area contributed by atoms with Crippen LogP contribution in [0.1, 0.15) is 30.0 Å². The van der Waals surface area contributed by atoms with Crippen LogP contribution in [0, 0.1) is 0 Å². The van der Waals surface area contributed by atoms with Gasteiger partial charge < -0.3 is 9.64 Å². The molecule has 1 saturated heterocycles. The van der Waals surface area contributed by atoms with Crippen molar-refractivity contribution in [2.45, 2.75) is 25.5 Å². The molecule has 3 rings (SSSR count).